The average Bonchev–Trinajstić information content (AvgIpc) is 2.48. The van der Waals surface area contributed by atoms with E-state index in [0.29, 0.717) is 30.3 Å². The lowest BCUT2D eigenvalue weighted by Crippen LogP contribution is -2.30. The maximum Gasteiger partial charge on any atom is 0.240 e. The van der Waals surface area contributed by atoms with Crippen LogP contribution in [0, 0.1) is 5.92 Å². The Labute approximate surface area is 129 Å². The van der Waals surface area contributed by atoms with Crippen LogP contribution in [-0.2, 0) is 23.0 Å². The number of hydrogen-bond acceptors (Lipinski definition) is 3. The van der Waals surface area contributed by atoms with Gasteiger partial charge < -0.3 is 5.32 Å². The molecule has 0 radical (unpaired) electrons. The second-order valence-electron chi connectivity index (χ2n) is 5.36. The van der Waals surface area contributed by atoms with Gasteiger partial charge in [-0.2, -0.15) is 0 Å². The molecule has 1 aromatic carbocycles. The van der Waals surface area contributed by atoms with Gasteiger partial charge in [0.1, 0.15) is 0 Å². The summed E-state index contributed by atoms with van der Waals surface area (Å²) >= 11 is 0. The monoisotopic (exact) mass is 312 g/mol. The number of aryl methyl sites for hydroxylation is 1. The molecular weight excluding hydrogens is 284 g/mol. The third-order valence-electron chi connectivity index (χ3n) is 3.90. The van der Waals surface area contributed by atoms with Gasteiger partial charge in [-0.3, -0.25) is 0 Å². The van der Waals surface area contributed by atoms with E-state index in [0.717, 1.165) is 24.0 Å². The fourth-order valence-electron chi connectivity index (χ4n) is 2.34. The summed E-state index contributed by atoms with van der Waals surface area (Å²) in [7, 11) is -1.58. The average molecular weight is 312 g/mol. The van der Waals surface area contributed by atoms with Crippen molar-refractivity contribution in [3.8, 4) is 0 Å². The van der Waals surface area contributed by atoms with Crippen LogP contribution in [0.4, 0.5) is 0 Å². The standard InChI is InChI=1S/C16H28N2O2S/c1-5-13(6-2)12-18-21(19,20)16-10-14(11-17-4)8-9-15(16)7-3/h8-10,13,17-18H,5-7,11-12H2,1-4H3. The lowest BCUT2D eigenvalue weighted by molar-refractivity contribution is 0.478. The Balaban J connectivity index is 3.02. The topological polar surface area (TPSA) is 58.2 Å². The van der Waals surface area contributed by atoms with Gasteiger partial charge >= 0.3 is 0 Å². The molecule has 0 aliphatic rings. The molecule has 4 nitrogen and oxygen atoms in total. The van der Waals surface area contributed by atoms with Crippen molar-refractivity contribution in [3.05, 3.63) is 29.3 Å². The van der Waals surface area contributed by atoms with Crippen LogP contribution >= 0.6 is 0 Å². The van der Waals surface area contributed by atoms with Crippen molar-refractivity contribution in [1.29, 1.82) is 0 Å². The third kappa shape index (κ3) is 5.09. The van der Waals surface area contributed by atoms with Gasteiger partial charge in [-0.25, -0.2) is 13.1 Å². The number of nitrogens with one attached hydrogen (secondary N) is 2. The molecule has 5 heteroatoms. The van der Waals surface area contributed by atoms with Crippen molar-refractivity contribution in [3.63, 3.8) is 0 Å². The molecule has 0 saturated heterocycles. The molecule has 2 N–H and O–H groups in total. The summed E-state index contributed by atoms with van der Waals surface area (Å²) < 4.78 is 27.9. The lowest BCUT2D eigenvalue weighted by atomic mass is 10.0. The Kier molecular flexibility index (Phi) is 7.35. The molecule has 0 saturated carbocycles. The predicted octanol–water partition coefficient (Wildman–Crippen LogP) is 2.68. The van der Waals surface area contributed by atoms with Crippen LogP contribution in [0.25, 0.3) is 0 Å². The molecule has 0 aliphatic carbocycles. The van der Waals surface area contributed by atoms with Gasteiger partial charge in [0, 0.05) is 13.1 Å². The minimum absolute atomic E-state index is 0.394. The van der Waals surface area contributed by atoms with E-state index in [9.17, 15) is 8.42 Å². The molecule has 0 atom stereocenters. The van der Waals surface area contributed by atoms with Gasteiger partial charge in [-0.15, -0.1) is 0 Å². The Morgan fingerprint density at radius 2 is 1.81 bits per heavy atom. The smallest absolute Gasteiger partial charge is 0.240 e. The molecule has 1 rings (SSSR count). The molecule has 0 fully saturated rings. The summed E-state index contributed by atoms with van der Waals surface area (Å²) in [5, 5.41) is 3.05. The van der Waals surface area contributed by atoms with Crippen molar-refractivity contribution < 1.29 is 8.42 Å². The minimum atomic E-state index is -3.44. The summed E-state index contributed by atoms with van der Waals surface area (Å²) in [6.45, 7) is 7.34. The van der Waals surface area contributed by atoms with E-state index in [-0.39, 0.29) is 0 Å². The maximum atomic E-state index is 12.6. The van der Waals surface area contributed by atoms with Gasteiger partial charge in [0.05, 0.1) is 4.90 Å². The highest BCUT2D eigenvalue weighted by Crippen LogP contribution is 2.19. The quantitative estimate of drug-likeness (QED) is 0.737. The maximum absolute atomic E-state index is 12.6. The largest absolute Gasteiger partial charge is 0.316 e. The number of sulfonamides is 1. The van der Waals surface area contributed by atoms with Crippen molar-refractivity contribution in [2.24, 2.45) is 5.92 Å². The van der Waals surface area contributed by atoms with Gasteiger partial charge in [-0.1, -0.05) is 45.7 Å². The highest BCUT2D eigenvalue weighted by Gasteiger charge is 2.19. The predicted molar refractivity (Wildman–Crippen MR) is 87.8 cm³/mol. The van der Waals surface area contributed by atoms with E-state index < -0.39 is 10.0 Å². The minimum Gasteiger partial charge on any atom is -0.316 e. The van der Waals surface area contributed by atoms with E-state index in [4.69, 9.17) is 0 Å². The van der Waals surface area contributed by atoms with E-state index in [1.165, 1.54) is 0 Å². The van der Waals surface area contributed by atoms with Crippen LogP contribution in [0.5, 0.6) is 0 Å². The van der Waals surface area contributed by atoms with Crippen LogP contribution < -0.4 is 10.0 Å². The lowest BCUT2D eigenvalue weighted by Gasteiger charge is -2.16. The summed E-state index contributed by atoms with van der Waals surface area (Å²) in [6.07, 6.45) is 2.68. The number of rotatable bonds is 9. The first kappa shape index (κ1) is 18.1. The first-order valence-corrected chi connectivity index (χ1v) is 9.22. The van der Waals surface area contributed by atoms with E-state index >= 15 is 0 Å². The third-order valence-corrected chi connectivity index (χ3v) is 5.41. The van der Waals surface area contributed by atoms with Crippen molar-refractivity contribution in [1.82, 2.24) is 10.0 Å². The molecule has 0 spiro atoms. The van der Waals surface area contributed by atoms with Crippen molar-refractivity contribution in [2.75, 3.05) is 13.6 Å². The Morgan fingerprint density at radius 1 is 1.14 bits per heavy atom. The van der Waals surface area contributed by atoms with Crippen LogP contribution in [0.1, 0.15) is 44.7 Å². The zero-order valence-corrected chi connectivity index (χ0v) is 14.4. The summed E-state index contributed by atoms with van der Waals surface area (Å²) in [5.74, 6) is 0.394. The Bertz CT molecular complexity index is 537. The van der Waals surface area contributed by atoms with Crippen LogP contribution in [-0.4, -0.2) is 22.0 Å². The zero-order valence-electron chi connectivity index (χ0n) is 13.6. The van der Waals surface area contributed by atoms with Crippen LogP contribution in [0.3, 0.4) is 0 Å². The molecule has 0 heterocycles. The van der Waals surface area contributed by atoms with Gasteiger partial charge in [-0.05, 0) is 36.6 Å². The molecular formula is C16H28N2O2S. The SMILES string of the molecule is CCc1ccc(CNC)cc1S(=O)(=O)NCC(CC)CC. The zero-order chi connectivity index (χ0) is 15.9. The van der Waals surface area contributed by atoms with E-state index in [1.54, 1.807) is 6.07 Å². The second-order valence-corrected chi connectivity index (χ2v) is 7.10. The van der Waals surface area contributed by atoms with Crippen LogP contribution in [0.2, 0.25) is 0 Å². The molecule has 0 amide bonds. The summed E-state index contributed by atoms with van der Waals surface area (Å²) in [4.78, 5) is 0.420. The highest BCUT2D eigenvalue weighted by molar-refractivity contribution is 7.89. The Morgan fingerprint density at radius 3 is 2.33 bits per heavy atom. The number of benzene rings is 1. The fraction of sp³-hybridized carbons (Fsp3) is 0.625. The Hall–Kier alpha value is -0.910. The van der Waals surface area contributed by atoms with Gasteiger partial charge in [0.15, 0.2) is 0 Å². The summed E-state index contributed by atoms with van der Waals surface area (Å²) in [5.41, 5.74) is 1.85. The molecule has 0 bridgehead atoms. The first-order valence-electron chi connectivity index (χ1n) is 7.74. The first-order chi connectivity index (χ1) is 9.98. The van der Waals surface area contributed by atoms with Crippen molar-refractivity contribution >= 4 is 10.0 Å². The normalized spacial score (nSPS) is 12.0. The van der Waals surface area contributed by atoms with Gasteiger partial charge in [0.25, 0.3) is 0 Å². The fourth-order valence-corrected chi connectivity index (χ4v) is 3.81. The summed E-state index contributed by atoms with van der Waals surface area (Å²) in [6, 6.07) is 5.68. The molecule has 0 unspecified atom stereocenters. The molecule has 0 aromatic heterocycles. The van der Waals surface area contributed by atoms with Crippen LogP contribution in [0.15, 0.2) is 23.1 Å². The van der Waals surface area contributed by atoms with E-state index in [1.807, 2.05) is 26.1 Å². The highest BCUT2D eigenvalue weighted by atomic mass is 32.2. The molecule has 1 aromatic rings. The second kappa shape index (κ2) is 8.51. The number of hydrogen-bond donors (Lipinski definition) is 2. The molecule has 120 valence electrons. The molecule has 21 heavy (non-hydrogen) atoms. The molecule has 0 aliphatic heterocycles. The van der Waals surface area contributed by atoms with Gasteiger partial charge in [0.2, 0.25) is 10.0 Å². The van der Waals surface area contributed by atoms with E-state index in [2.05, 4.69) is 23.9 Å². The van der Waals surface area contributed by atoms with Crippen molar-refractivity contribution in [2.45, 2.75) is 51.5 Å².